The van der Waals surface area contributed by atoms with Gasteiger partial charge in [0.25, 0.3) is 0 Å². The molecular weight excluding hydrogens is 408 g/mol. The van der Waals surface area contributed by atoms with Crippen molar-refractivity contribution in [1.29, 1.82) is 0 Å². The lowest BCUT2D eigenvalue weighted by atomic mass is 10.2. The van der Waals surface area contributed by atoms with E-state index in [2.05, 4.69) is 27.3 Å². The fourth-order valence-corrected chi connectivity index (χ4v) is 3.70. The Morgan fingerprint density at radius 2 is 1.84 bits per heavy atom. The zero-order valence-electron chi connectivity index (χ0n) is 16.8. The molecule has 0 aliphatic carbocycles. The number of thiazole rings is 1. The molecule has 0 unspecified atom stereocenters. The number of rotatable bonds is 9. The maximum atomic E-state index is 6.08. The van der Waals surface area contributed by atoms with Gasteiger partial charge in [0.2, 0.25) is 0 Å². The second-order valence-corrected chi connectivity index (χ2v) is 7.77. The summed E-state index contributed by atoms with van der Waals surface area (Å²) in [6.45, 7) is 0.698. The van der Waals surface area contributed by atoms with Crippen LogP contribution in [0.3, 0.4) is 0 Å². The molecule has 0 radical (unpaired) electrons. The van der Waals surface area contributed by atoms with Gasteiger partial charge in [0.1, 0.15) is 12.4 Å². The van der Waals surface area contributed by atoms with Crippen LogP contribution in [-0.2, 0) is 24.5 Å². The van der Waals surface area contributed by atoms with Crippen LogP contribution >= 0.6 is 11.3 Å². The summed E-state index contributed by atoms with van der Waals surface area (Å²) in [5, 5.41) is 7.06. The third-order valence-electron chi connectivity index (χ3n) is 4.43. The maximum absolute atomic E-state index is 6.08. The lowest BCUT2D eigenvalue weighted by Crippen LogP contribution is -2.14. The van der Waals surface area contributed by atoms with Crippen molar-refractivity contribution in [2.24, 2.45) is 10.9 Å². The van der Waals surface area contributed by atoms with Gasteiger partial charge in [0.15, 0.2) is 12.4 Å². The highest BCUT2D eigenvalue weighted by Gasteiger charge is 2.06. The summed E-state index contributed by atoms with van der Waals surface area (Å²) in [6.07, 6.45) is 4.32. The van der Waals surface area contributed by atoms with Gasteiger partial charge in [0.05, 0.1) is 10.7 Å². The van der Waals surface area contributed by atoms with Gasteiger partial charge in [-0.1, -0.05) is 53.7 Å². The molecule has 0 aliphatic rings. The van der Waals surface area contributed by atoms with E-state index in [0.717, 1.165) is 28.2 Å². The van der Waals surface area contributed by atoms with Crippen molar-refractivity contribution in [1.82, 2.24) is 9.97 Å². The van der Waals surface area contributed by atoms with Gasteiger partial charge in [-0.15, -0.1) is 11.3 Å². The molecule has 2 aromatic carbocycles. The second-order valence-electron chi connectivity index (χ2n) is 6.82. The van der Waals surface area contributed by atoms with Crippen LogP contribution < -0.4 is 10.5 Å². The number of oxime groups is 1. The van der Waals surface area contributed by atoms with Crippen molar-refractivity contribution in [3.8, 4) is 5.75 Å². The third kappa shape index (κ3) is 6.13. The summed E-state index contributed by atoms with van der Waals surface area (Å²) in [6, 6.07) is 21.5. The van der Waals surface area contributed by atoms with E-state index in [1.54, 1.807) is 23.7 Å². The van der Waals surface area contributed by atoms with Gasteiger partial charge < -0.3 is 15.3 Å². The van der Waals surface area contributed by atoms with Crippen molar-refractivity contribution in [2.45, 2.75) is 19.6 Å². The minimum Gasteiger partial charge on any atom is -0.489 e. The third-order valence-corrected chi connectivity index (χ3v) is 5.33. The van der Waals surface area contributed by atoms with Crippen molar-refractivity contribution in [3.05, 3.63) is 112 Å². The molecule has 4 rings (SSSR count). The highest BCUT2D eigenvalue weighted by molar-refractivity contribution is 7.09. The Hall–Kier alpha value is -3.71. The van der Waals surface area contributed by atoms with Crippen molar-refractivity contribution >= 4 is 17.2 Å². The van der Waals surface area contributed by atoms with E-state index in [1.807, 2.05) is 60.0 Å². The molecule has 0 saturated heterocycles. The first-order valence-electron chi connectivity index (χ1n) is 9.81. The number of amidine groups is 1. The quantitative estimate of drug-likeness (QED) is 0.239. The largest absolute Gasteiger partial charge is 0.489 e. The highest BCUT2D eigenvalue weighted by atomic mass is 32.1. The Labute approximate surface area is 185 Å². The molecule has 0 saturated carbocycles. The molecular formula is C24H22N4O2S. The molecule has 6 nitrogen and oxygen atoms in total. The SMILES string of the molecule is N/C(=N/OCc1csc(Cc2ccccc2)n1)c1cccc(OCc2cccnc2)c1. The van der Waals surface area contributed by atoms with E-state index < -0.39 is 0 Å². The van der Waals surface area contributed by atoms with Crippen LogP contribution in [0.5, 0.6) is 5.75 Å². The van der Waals surface area contributed by atoms with Gasteiger partial charge in [-0.3, -0.25) is 4.98 Å². The predicted octanol–water partition coefficient (Wildman–Crippen LogP) is 4.55. The fraction of sp³-hybridized carbons (Fsp3) is 0.125. The number of benzene rings is 2. The van der Waals surface area contributed by atoms with E-state index in [9.17, 15) is 0 Å². The second kappa shape index (κ2) is 10.4. The van der Waals surface area contributed by atoms with Gasteiger partial charge in [-0.2, -0.15) is 0 Å². The Balaban J connectivity index is 1.30. The number of aromatic nitrogens is 2. The fourth-order valence-electron chi connectivity index (χ4n) is 2.88. The highest BCUT2D eigenvalue weighted by Crippen LogP contribution is 2.17. The standard InChI is InChI=1S/C24H22N4O2S/c25-24(20-9-4-10-22(13-20)29-15-19-8-5-11-26-14-19)28-30-16-21-17-31-23(27-21)12-18-6-2-1-3-7-18/h1-11,13-14,17H,12,15-16H2,(H2,25,28). The van der Waals surface area contributed by atoms with Gasteiger partial charge >= 0.3 is 0 Å². The summed E-state index contributed by atoms with van der Waals surface area (Å²) in [5.41, 5.74) is 9.87. The van der Waals surface area contributed by atoms with E-state index in [-0.39, 0.29) is 12.4 Å². The normalized spacial score (nSPS) is 11.3. The Kier molecular flexibility index (Phi) is 6.87. The smallest absolute Gasteiger partial charge is 0.170 e. The number of hydrogen-bond donors (Lipinski definition) is 1. The topological polar surface area (TPSA) is 82.6 Å². The van der Waals surface area contributed by atoms with E-state index in [0.29, 0.717) is 12.4 Å². The number of pyridine rings is 1. The van der Waals surface area contributed by atoms with E-state index in [1.165, 1.54) is 5.56 Å². The van der Waals surface area contributed by atoms with E-state index >= 15 is 0 Å². The van der Waals surface area contributed by atoms with Crippen molar-refractivity contribution in [3.63, 3.8) is 0 Å². The van der Waals surface area contributed by atoms with Crippen LogP contribution in [0.15, 0.2) is 89.7 Å². The number of ether oxygens (including phenoxy) is 1. The molecule has 0 aliphatic heterocycles. The van der Waals surface area contributed by atoms with Crippen molar-refractivity contribution in [2.75, 3.05) is 0 Å². The van der Waals surface area contributed by atoms with Crippen molar-refractivity contribution < 1.29 is 9.57 Å². The minimum absolute atomic E-state index is 0.267. The molecule has 2 aromatic heterocycles. The van der Waals surface area contributed by atoms with Crippen LogP contribution in [-0.4, -0.2) is 15.8 Å². The average Bonchev–Trinajstić information content (AvgIpc) is 3.26. The first-order valence-corrected chi connectivity index (χ1v) is 10.7. The maximum Gasteiger partial charge on any atom is 0.170 e. The summed E-state index contributed by atoms with van der Waals surface area (Å²) < 4.78 is 5.81. The molecule has 0 atom stereocenters. The first kappa shape index (κ1) is 20.6. The monoisotopic (exact) mass is 430 g/mol. The molecule has 156 valence electrons. The molecule has 0 fully saturated rings. The molecule has 0 amide bonds. The predicted molar refractivity (Wildman–Crippen MR) is 122 cm³/mol. The summed E-state index contributed by atoms with van der Waals surface area (Å²) >= 11 is 1.61. The summed E-state index contributed by atoms with van der Waals surface area (Å²) in [7, 11) is 0. The molecule has 0 spiro atoms. The van der Waals surface area contributed by atoms with Gasteiger partial charge in [0, 0.05) is 35.3 Å². The average molecular weight is 431 g/mol. The molecule has 7 heteroatoms. The number of hydrogen-bond acceptors (Lipinski definition) is 6. The van der Waals surface area contributed by atoms with Crippen LogP contribution in [0.25, 0.3) is 0 Å². The number of nitrogens with zero attached hydrogens (tertiary/aromatic N) is 3. The van der Waals surface area contributed by atoms with Crippen LogP contribution in [0.1, 0.15) is 27.4 Å². The number of nitrogens with two attached hydrogens (primary N) is 1. The summed E-state index contributed by atoms with van der Waals surface area (Å²) in [4.78, 5) is 14.1. The zero-order valence-corrected chi connectivity index (χ0v) is 17.7. The minimum atomic E-state index is 0.267. The van der Waals surface area contributed by atoms with Crippen LogP contribution in [0, 0.1) is 0 Å². The Morgan fingerprint density at radius 1 is 0.968 bits per heavy atom. The molecule has 2 N–H and O–H groups in total. The molecule has 0 bridgehead atoms. The van der Waals surface area contributed by atoms with Crippen LogP contribution in [0.2, 0.25) is 0 Å². The first-order chi connectivity index (χ1) is 15.3. The van der Waals surface area contributed by atoms with Gasteiger partial charge in [-0.05, 0) is 23.8 Å². The van der Waals surface area contributed by atoms with E-state index in [4.69, 9.17) is 15.3 Å². The molecule has 31 heavy (non-hydrogen) atoms. The van der Waals surface area contributed by atoms with Crippen LogP contribution in [0.4, 0.5) is 0 Å². The lowest BCUT2D eigenvalue weighted by Gasteiger charge is -2.08. The molecule has 4 aromatic rings. The molecule has 2 heterocycles. The lowest BCUT2D eigenvalue weighted by molar-refractivity contribution is 0.128. The summed E-state index contributed by atoms with van der Waals surface area (Å²) in [5.74, 6) is 0.983. The Morgan fingerprint density at radius 3 is 2.68 bits per heavy atom. The zero-order chi connectivity index (χ0) is 21.3. The Bertz CT molecular complexity index is 1130. The van der Waals surface area contributed by atoms with Gasteiger partial charge in [-0.25, -0.2) is 4.98 Å².